The lowest BCUT2D eigenvalue weighted by Gasteiger charge is -2.06. The lowest BCUT2D eigenvalue weighted by Crippen LogP contribution is -2.15. The van der Waals surface area contributed by atoms with Crippen LogP contribution in [0.1, 0.15) is 18.5 Å². The van der Waals surface area contributed by atoms with Crippen LogP contribution in [0, 0.1) is 29.1 Å². The average molecular weight is 304 g/mol. The predicted molar refractivity (Wildman–Crippen MR) is 61.0 cm³/mol. The van der Waals surface area contributed by atoms with Gasteiger partial charge in [0.2, 0.25) is 5.82 Å². The molecule has 1 aromatic carbocycles. The number of rotatable bonds is 4. The van der Waals surface area contributed by atoms with Crippen molar-refractivity contribution in [2.45, 2.75) is 25.4 Å². The van der Waals surface area contributed by atoms with Crippen LogP contribution in [0.25, 0.3) is 5.69 Å². The van der Waals surface area contributed by atoms with Crippen LogP contribution >= 0.6 is 0 Å². The smallest absolute Gasteiger partial charge is 0.200 e. The molecule has 0 bridgehead atoms. The van der Waals surface area contributed by atoms with Crippen molar-refractivity contribution in [1.82, 2.24) is 20.3 Å². The van der Waals surface area contributed by atoms with Gasteiger partial charge in [0.25, 0.3) is 0 Å². The van der Waals surface area contributed by atoms with E-state index in [9.17, 15) is 22.0 Å². The quantitative estimate of drug-likeness (QED) is 0.535. The standard InChI is InChI=1S/C12H9F5N4/c13-7-8(14)10(16)12(11(17)9(7)15)21-4-6(19-20-21)3-18-5-1-2-5/h4-5,18H,1-3H2. The summed E-state index contributed by atoms with van der Waals surface area (Å²) in [5.74, 6) is -10.1. The summed E-state index contributed by atoms with van der Waals surface area (Å²) in [6, 6.07) is 0.379. The number of nitrogens with zero attached hydrogens (tertiary/aromatic N) is 3. The minimum Gasteiger partial charge on any atom is -0.308 e. The largest absolute Gasteiger partial charge is 0.308 e. The third-order valence-corrected chi connectivity index (χ3v) is 3.11. The van der Waals surface area contributed by atoms with E-state index in [-0.39, 0.29) is 0 Å². The summed E-state index contributed by atoms with van der Waals surface area (Å²) in [5, 5.41) is 10.1. The molecule has 0 radical (unpaired) electrons. The lowest BCUT2D eigenvalue weighted by molar-refractivity contribution is 0.373. The van der Waals surface area contributed by atoms with Crippen molar-refractivity contribution in [3.05, 3.63) is 41.0 Å². The van der Waals surface area contributed by atoms with Crippen molar-refractivity contribution >= 4 is 0 Å². The highest BCUT2D eigenvalue weighted by Gasteiger charge is 2.28. The van der Waals surface area contributed by atoms with E-state index in [1.165, 1.54) is 0 Å². The molecule has 1 aliphatic rings. The van der Waals surface area contributed by atoms with Crippen LogP contribution < -0.4 is 5.32 Å². The number of hydrogen-bond donors (Lipinski definition) is 1. The Hall–Kier alpha value is -2.03. The molecule has 0 aliphatic heterocycles. The molecule has 0 unspecified atom stereocenters. The van der Waals surface area contributed by atoms with Gasteiger partial charge in [-0.2, -0.15) is 0 Å². The van der Waals surface area contributed by atoms with Gasteiger partial charge in [0.1, 0.15) is 5.69 Å². The Balaban J connectivity index is 1.96. The Morgan fingerprint density at radius 2 is 1.57 bits per heavy atom. The van der Waals surface area contributed by atoms with Gasteiger partial charge in [-0.1, -0.05) is 5.21 Å². The first-order chi connectivity index (χ1) is 9.99. The zero-order valence-electron chi connectivity index (χ0n) is 10.5. The molecule has 1 saturated carbocycles. The van der Waals surface area contributed by atoms with Crippen LogP contribution in [-0.4, -0.2) is 21.0 Å². The van der Waals surface area contributed by atoms with Crippen molar-refractivity contribution in [3.8, 4) is 5.69 Å². The monoisotopic (exact) mass is 304 g/mol. The lowest BCUT2D eigenvalue weighted by atomic mass is 10.2. The summed E-state index contributed by atoms with van der Waals surface area (Å²) < 4.78 is 66.9. The molecule has 2 aromatic rings. The fourth-order valence-corrected chi connectivity index (χ4v) is 1.82. The Bertz CT molecular complexity index is 666. The molecular formula is C12H9F5N4. The predicted octanol–water partition coefficient (Wildman–Crippen LogP) is 2.21. The molecule has 4 nitrogen and oxygen atoms in total. The van der Waals surface area contributed by atoms with Crippen molar-refractivity contribution in [2.75, 3.05) is 0 Å². The van der Waals surface area contributed by atoms with Crippen molar-refractivity contribution < 1.29 is 22.0 Å². The molecule has 112 valence electrons. The number of aromatic nitrogens is 3. The van der Waals surface area contributed by atoms with Crippen LogP contribution in [0.15, 0.2) is 6.20 Å². The van der Waals surface area contributed by atoms with Crippen LogP contribution in [0.2, 0.25) is 0 Å². The van der Waals surface area contributed by atoms with E-state index in [0.29, 0.717) is 23.0 Å². The second kappa shape index (κ2) is 5.06. The van der Waals surface area contributed by atoms with E-state index >= 15 is 0 Å². The molecule has 0 spiro atoms. The van der Waals surface area contributed by atoms with E-state index in [1.807, 2.05) is 0 Å². The summed E-state index contributed by atoms with van der Waals surface area (Å²) in [6.45, 7) is 0.306. The van der Waals surface area contributed by atoms with E-state index in [2.05, 4.69) is 15.6 Å². The maximum atomic E-state index is 13.6. The zero-order chi connectivity index (χ0) is 15.1. The number of hydrogen-bond acceptors (Lipinski definition) is 3. The Morgan fingerprint density at radius 1 is 1.00 bits per heavy atom. The molecule has 1 aliphatic carbocycles. The summed E-state index contributed by atoms with van der Waals surface area (Å²) in [4.78, 5) is 0. The van der Waals surface area contributed by atoms with Gasteiger partial charge < -0.3 is 5.32 Å². The minimum atomic E-state index is -2.20. The number of halogens is 5. The first kappa shape index (κ1) is 13.9. The maximum absolute atomic E-state index is 13.6. The molecule has 3 rings (SSSR count). The molecule has 9 heteroatoms. The van der Waals surface area contributed by atoms with Gasteiger partial charge in [-0.3, -0.25) is 0 Å². The van der Waals surface area contributed by atoms with E-state index < -0.39 is 34.8 Å². The van der Waals surface area contributed by atoms with Gasteiger partial charge in [-0.15, -0.1) is 5.10 Å². The normalized spacial score (nSPS) is 14.7. The van der Waals surface area contributed by atoms with Crippen molar-refractivity contribution in [2.24, 2.45) is 0 Å². The second-order valence-corrected chi connectivity index (χ2v) is 4.73. The first-order valence-electron chi connectivity index (χ1n) is 6.15. The van der Waals surface area contributed by atoms with Gasteiger partial charge in [0.15, 0.2) is 23.3 Å². The van der Waals surface area contributed by atoms with E-state index in [0.717, 1.165) is 19.0 Å². The van der Waals surface area contributed by atoms with Gasteiger partial charge in [-0.05, 0) is 12.8 Å². The highest BCUT2D eigenvalue weighted by atomic mass is 19.2. The van der Waals surface area contributed by atoms with Gasteiger partial charge in [-0.25, -0.2) is 26.6 Å². The second-order valence-electron chi connectivity index (χ2n) is 4.73. The summed E-state index contributed by atoms with van der Waals surface area (Å²) in [5.41, 5.74) is -0.803. The van der Waals surface area contributed by atoms with Crippen LogP contribution in [0.5, 0.6) is 0 Å². The Labute approximate surface area is 115 Å². The fraction of sp³-hybridized carbons (Fsp3) is 0.333. The highest BCUT2D eigenvalue weighted by Crippen LogP contribution is 2.25. The summed E-state index contributed by atoms with van der Waals surface area (Å²) in [6.07, 6.45) is 3.19. The van der Waals surface area contributed by atoms with Gasteiger partial charge in [0, 0.05) is 12.6 Å². The van der Waals surface area contributed by atoms with E-state index in [1.54, 1.807) is 0 Å². The minimum absolute atomic E-state index is 0.306. The molecule has 1 N–H and O–H groups in total. The fourth-order valence-electron chi connectivity index (χ4n) is 1.82. The number of benzene rings is 1. The van der Waals surface area contributed by atoms with Crippen LogP contribution in [0.3, 0.4) is 0 Å². The maximum Gasteiger partial charge on any atom is 0.200 e. The van der Waals surface area contributed by atoms with Gasteiger partial charge in [0.05, 0.1) is 11.9 Å². The van der Waals surface area contributed by atoms with Gasteiger partial charge >= 0.3 is 0 Å². The molecule has 0 amide bonds. The Kier molecular flexibility index (Phi) is 3.36. The molecule has 0 atom stereocenters. The first-order valence-corrected chi connectivity index (χ1v) is 6.15. The Morgan fingerprint density at radius 3 is 2.14 bits per heavy atom. The van der Waals surface area contributed by atoms with E-state index in [4.69, 9.17) is 0 Å². The SMILES string of the molecule is Fc1c(F)c(F)c(-n2cc(CNC3CC3)nn2)c(F)c1F. The number of nitrogens with one attached hydrogen (secondary N) is 1. The average Bonchev–Trinajstić information content (AvgIpc) is 3.20. The zero-order valence-corrected chi connectivity index (χ0v) is 10.5. The molecule has 1 heterocycles. The molecular weight excluding hydrogens is 295 g/mol. The van der Waals surface area contributed by atoms with Crippen molar-refractivity contribution in [1.29, 1.82) is 0 Å². The molecule has 1 fully saturated rings. The summed E-state index contributed by atoms with van der Waals surface area (Å²) >= 11 is 0. The third-order valence-electron chi connectivity index (χ3n) is 3.11. The third kappa shape index (κ3) is 2.48. The topological polar surface area (TPSA) is 42.7 Å². The molecule has 1 aromatic heterocycles. The summed E-state index contributed by atoms with van der Waals surface area (Å²) in [7, 11) is 0. The molecule has 0 saturated heterocycles. The van der Waals surface area contributed by atoms with Crippen molar-refractivity contribution in [3.63, 3.8) is 0 Å². The molecule has 21 heavy (non-hydrogen) atoms. The van der Waals surface area contributed by atoms with Crippen LogP contribution in [-0.2, 0) is 6.54 Å². The highest BCUT2D eigenvalue weighted by molar-refractivity contribution is 5.36. The van der Waals surface area contributed by atoms with Crippen LogP contribution in [0.4, 0.5) is 22.0 Å².